The summed E-state index contributed by atoms with van der Waals surface area (Å²) in [5.41, 5.74) is 2.49. The first kappa shape index (κ1) is 16.5. The van der Waals surface area contributed by atoms with Gasteiger partial charge in [-0.25, -0.2) is 4.89 Å². The van der Waals surface area contributed by atoms with Crippen molar-refractivity contribution in [3.8, 4) is 0 Å². The van der Waals surface area contributed by atoms with Crippen LogP contribution in [0.25, 0.3) is 0 Å². The highest BCUT2D eigenvalue weighted by atomic mass is 17.1. The van der Waals surface area contributed by atoms with Crippen molar-refractivity contribution in [1.29, 1.82) is 0 Å². The molecule has 1 aliphatic rings. The Morgan fingerprint density at radius 3 is 2.24 bits per heavy atom. The third kappa shape index (κ3) is 4.55. The molecule has 1 N–H and O–H groups in total. The quantitative estimate of drug-likeness (QED) is 0.509. The lowest BCUT2D eigenvalue weighted by molar-refractivity contribution is -0.296. The van der Waals surface area contributed by atoms with Gasteiger partial charge in [0, 0.05) is 0 Å². The van der Waals surface area contributed by atoms with Gasteiger partial charge in [-0.05, 0) is 42.2 Å². The van der Waals surface area contributed by atoms with Gasteiger partial charge in [0.1, 0.15) is 6.10 Å². The Labute approximate surface area is 129 Å². The van der Waals surface area contributed by atoms with Gasteiger partial charge in [0.15, 0.2) is 0 Å². The van der Waals surface area contributed by atoms with Crippen LogP contribution in [0.4, 0.5) is 0 Å². The van der Waals surface area contributed by atoms with Crippen LogP contribution < -0.4 is 0 Å². The third-order valence-corrected chi connectivity index (χ3v) is 4.98. The fourth-order valence-electron chi connectivity index (χ4n) is 3.77. The smallest absolute Gasteiger partial charge is 0.120 e. The Kier molecular flexibility index (Phi) is 6.72. The Bertz CT molecular complexity index is 391. The van der Waals surface area contributed by atoms with Crippen LogP contribution >= 0.6 is 0 Å². The monoisotopic (exact) mass is 290 g/mol. The van der Waals surface area contributed by atoms with Crippen LogP contribution in [0.3, 0.4) is 0 Å². The Morgan fingerprint density at radius 1 is 1.05 bits per heavy atom. The molecule has 1 aromatic rings. The van der Waals surface area contributed by atoms with Gasteiger partial charge in [-0.1, -0.05) is 70.2 Å². The molecular weight excluding hydrogens is 260 g/mol. The molecule has 0 aliphatic heterocycles. The van der Waals surface area contributed by atoms with Crippen molar-refractivity contribution < 1.29 is 10.1 Å². The Balaban J connectivity index is 1.96. The molecule has 2 heteroatoms. The summed E-state index contributed by atoms with van der Waals surface area (Å²) in [7, 11) is 0. The largest absolute Gasteiger partial charge is 0.251 e. The van der Waals surface area contributed by atoms with E-state index in [1.165, 1.54) is 50.5 Å². The lowest BCUT2D eigenvalue weighted by Gasteiger charge is -2.32. The first-order chi connectivity index (χ1) is 10.3. The summed E-state index contributed by atoms with van der Waals surface area (Å²) in [4.78, 5) is 4.87. The lowest BCUT2D eigenvalue weighted by Crippen LogP contribution is -2.22. The van der Waals surface area contributed by atoms with Crippen LogP contribution in [-0.2, 0) is 11.3 Å². The molecule has 0 bridgehead atoms. The van der Waals surface area contributed by atoms with Gasteiger partial charge < -0.3 is 0 Å². The second kappa shape index (κ2) is 8.55. The zero-order valence-corrected chi connectivity index (χ0v) is 13.6. The molecule has 0 amide bonds. The fraction of sp³-hybridized carbons (Fsp3) is 0.684. The highest BCUT2D eigenvalue weighted by Gasteiger charge is 2.29. The molecule has 0 saturated heterocycles. The van der Waals surface area contributed by atoms with Gasteiger partial charge in [-0.15, -0.1) is 0 Å². The molecule has 1 saturated carbocycles. The summed E-state index contributed by atoms with van der Waals surface area (Å²) in [5, 5.41) is 9.37. The molecule has 1 unspecified atom stereocenters. The van der Waals surface area contributed by atoms with Crippen molar-refractivity contribution in [3.63, 3.8) is 0 Å². The van der Waals surface area contributed by atoms with Crippen molar-refractivity contribution >= 4 is 0 Å². The highest BCUT2D eigenvalue weighted by molar-refractivity contribution is 5.25. The van der Waals surface area contributed by atoms with E-state index in [0.717, 1.165) is 17.9 Å². The van der Waals surface area contributed by atoms with Gasteiger partial charge in [0.25, 0.3) is 0 Å². The van der Waals surface area contributed by atoms with Crippen molar-refractivity contribution in [2.45, 2.75) is 71.3 Å². The minimum atomic E-state index is -0.150. The summed E-state index contributed by atoms with van der Waals surface area (Å²) >= 11 is 0. The molecule has 0 spiro atoms. The van der Waals surface area contributed by atoms with E-state index < -0.39 is 0 Å². The molecule has 0 aromatic heterocycles. The number of hydrogen-bond donors (Lipinski definition) is 1. The standard InChI is InChI=1S/C19H30O2/c1-3-5-15-7-11-17(12-8-15)19(21-20)18-13-9-16(6-4-2)10-14-18/h7-8,11-12,16,18-20H,3-6,9-10,13-14H2,1-2H3. The molecule has 0 radical (unpaired) electrons. The third-order valence-electron chi connectivity index (χ3n) is 4.98. The van der Waals surface area contributed by atoms with E-state index in [2.05, 4.69) is 38.1 Å². The maximum atomic E-state index is 9.37. The van der Waals surface area contributed by atoms with E-state index in [9.17, 15) is 5.26 Å². The molecule has 1 aliphatic carbocycles. The van der Waals surface area contributed by atoms with E-state index in [-0.39, 0.29) is 6.10 Å². The van der Waals surface area contributed by atoms with Crippen molar-refractivity contribution in [2.24, 2.45) is 11.8 Å². The van der Waals surface area contributed by atoms with Crippen LogP contribution in [0.15, 0.2) is 24.3 Å². The van der Waals surface area contributed by atoms with Gasteiger partial charge in [0.2, 0.25) is 0 Å². The lowest BCUT2D eigenvalue weighted by atomic mass is 9.76. The van der Waals surface area contributed by atoms with Crippen LogP contribution in [0.2, 0.25) is 0 Å². The van der Waals surface area contributed by atoms with Gasteiger partial charge in [-0.2, -0.15) is 0 Å². The molecule has 2 rings (SSSR count). The summed E-state index contributed by atoms with van der Waals surface area (Å²) in [6.45, 7) is 4.46. The normalized spacial score (nSPS) is 24.0. The zero-order valence-electron chi connectivity index (χ0n) is 13.6. The predicted molar refractivity (Wildman–Crippen MR) is 87.2 cm³/mol. The van der Waals surface area contributed by atoms with Crippen molar-refractivity contribution in [2.75, 3.05) is 0 Å². The molecule has 1 atom stereocenters. The minimum Gasteiger partial charge on any atom is -0.251 e. The number of rotatable bonds is 7. The molecule has 2 nitrogen and oxygen atoms in total. The molecule has 21 heavy (non-hydrogen) atoms. The second-order valence-electron chi connectivity index (χ2n) is 6.59. The van der Waals surface area contributed by atoms with Crippen LogP contribution in [0, 0.1) is 11.8 Å². The molecule has 1 fully saturated rings. The highest BCUT2D eigenvalue weighted by Crippen LogP contribution is 2.39. The first-order valence-corrected chi connectivity index (χ1v) is 8.67. The minimum absolute atomic E-state index is 0.150. The maximum Gasteiger partial charge on any atom is 0.120 e. The average molecular weight is 290 g/mol. The predicted octanol–water partition coefficient (Wildman–Crippen LogP) is 5.78. The maximum absolute atomic E-state index is 9.37. The summed E-state index contributed by atoms with van der Waals surface area (Å²) in [5.74, 6) is 1.35. The van der Waals surface area contributed by atoms with E-state index in [1.54, 1.807) is 0 Å². The second-order valence-corrected chi connectivity index (χ2v) is 6.59. The Hall–Kier alpha value is -0.860. The molecule has 1 aromatic carbocycles. The van der Waals surface area contributed by atoms with Crippen LogP contribution in [-0.4, -0.2) is 5.26 Å². The average Bonchev–Trinajstić information content (AvgIpc) is 2.52. The number of hydrogen-bond acceptors (Lipinski definition) is 2. The first-order valence-electron chi connectivity index (χ1n) is 8.67. The summed E-state index contributed by atoms with van der Waals surface area (Å²) in [6.07, 6.45) is 9.69. The van der Waals surface area contributed by atoms with E-state index >= 15 is 0 Å². The molecular formula is C19H30O2. The Morgan fingerprint density at radius 2 is 1.71 bits per heavy atom. The van der Waals surface area contributed by atoms with Gasteiger partial charge in [-0.3, -0.25) is 5.26 Å². The van der Waals surface area contributed by atoms with Crippen molar-refractivity contribution in [1.82, 2.24) is 0 Å². The van der Waals surface area contributed by atoms with E-state index in [0.29, 0.717) is 5.92 Å². The van der Waals surface area contributed by atoms with Gasteiger partial charge in [0.05, 0.1) is 0 Å². The van der Waals surface area contributed by atoms with E-state index in [4.69, 9.17) is 4.89 Å². The van der Waals surface area contributed by atoms with Crippen LogP contribution in [0.5, 0.6) is 0 Å². The number of benzene rings is 1. The zero-order chi connectivity index (χ0) is 15.1. The summed E-state index contributed by atoms with van der Waals surface area (Å²) < 4.78 is 0. The topological polar surface area (TPSA) is 29.5 Å². The van der Waals surface area contributed by atoms with E-state index in [1.807, 2.05) is 0 Å². The van der Waals surface area contributed by atoms with Gasteiger partial charge >= 0.3 is 0 Å². The number of aryl methyl sites for hydroxylation is 1. The molecule has 118 valence electrons. The fourth-order valence-corrected chi connectivity index (χ4v) is 3.77. The van der Waals surface area contributed by atoms with Crippen LogP contribution in [0.1, 0.15) is 76.0 Å². The summed E-state index contributed by atoms with van der Waals surface area (Å²) in [6, 6.07) is 8.61. The molecule has 0 heterocycles. The SMILES string of the molecule is CCCc1ccc(C(OO)C2CCC(CCC)CC2)cc1. The van der Waals surface area contributed by atoms with Crippen molar-refractivity contribution in [3.05, 3.63) is 35.4 Å².